The molecule has 1 fully saturated rings. The van der Waals surface area contributed by atoms with E-state index in [1.165, 1.54) is 13.1 Å². The summed E-state index contributed by atoms with van der Waals surface area (Å²) in [6, 6.07) is 7.23. The number of amides is 2. The molecule has 1 aliphatic heterocycles. The third-order valence-corrected chi connectivity index (χ3v) is 5.61. The Morgan fingerprint density at radius 2 is 1.88 bits per heavy atom. The lowest BCUT2D eigenvalue weighted by molar-refractivity contribution is -0.114. The number of rotatable bonds is 7. The molecule has 1 aromatic heterocycles. The molecule has 2 heterocycles. The van der Waals surface area contributed by atoms with E-state index in [4.69, 9.17) is 5.73 Å². The predicted octanol–water partition coefficient (Wildman–Crippen LogP) is 3.20. The summed E-state index contributed by atoms with van der Waals surface area (Å²) < 4.78 is 0. The van der Waals surface area contributed by atoms with E-state index in [0.717, 1.165) is 25.9 Å². The molecule has 1 saturated heterocycles. The largest absolute Gasteiger partial charge is 0.369 e. The number of nitrogens with two attached hydrogens (primary N) is 1. The fourth-order valence-electron chi connectivity index (χ4n) is 3.81. The molecule has 0 spiro atoms. The number of benzene rings is 1. The number of nitrogens with one attached hydrogen (secondary N) is 3. The summed E-state index contributed by atoms with van der Waals surface area (Å²) in [6.45, 7) is 11.0. The Bertz CT molecular complexity index is 963. The Morgan fingerprint density at radius 1 is 1.19 bits per heavy atom. The smallest absolute Gasteiger partial charge is 0.254 e. The first-order valence-electron chi connectivity index (χ1n) is 10.9. The van der Waals surface area contributed by atoms with Crippen LogP contribution >= 0.6 is 0 Å². The van der Waals surface area contributed by atoms with E-state index in [0.29, 0.717) is 35.6 Å². The minimum absolute atomic E-state index is 0.149. The van der Waals surface area contributed by atoms with Crippen molar-refractivity contribution >= 4 is 35.0 Å². The van der Waals surface area contributed by atoms with Gasteiger partial charge in [0.15, 0.2) is 0 Å². The van der Waals surface area contributed by atoms with Crippen molar-refractivity contribution in [1.29, 1.82) is 0 Å². The van der Waals surface area contributed by atoms with Crippen molar-refractivity contribution in [1.82, 2.24) is 14.9 Å². The lowest BCUT2D eigenvalue weighted by atomic mass is 9.93. The molecule has 1 aliphatic rings. The Hall–Kier alpha value is -3.20. The van der Waals surface area contributed by atoms with Gasteiger partial charge in [0, 0.05) is 36.6 Å². The van der Waals surface area contributed by atoms with E-state index in [1.807, 2.05) is 12.1 Å². The van der Waals surface area contributed by atoms with Gasteiger partial charge in [-0.3, -0.25) is 14.5 Å². The second kappa shape index (κ2) is 9.95. The molecule has 0 radical (unpaired) electrons. The van der Waals surface area contributed by atoms with Crippen molar-refractivity contribution in [3.63, 3.8) is 0 Å². The molecule has 2 aromatic rings. The van der Waals surface area contributed by atoms with Gasteiger partial charge in [-0.15, -0.1) is 0 Å². The lowest BCUT2D eigenvalue weighted by Crippen LogP contribution is -2.46. The van der Waals surface area contributed by atoms with Crippen LogP contribution in [0.15, 0.2) is 30.5 Å². The number of hydrogen-bond acceptors (Lipinski definition) is 7. The van der Waals surface area contributed by atoms with Gasteiger partial charge < -0.3 is 21.7 Å². The number of nitrogens with zero attached hydrogens (tertiary/aromatic N) is 3. The predicted molar refractivity (Wildman–Crippen MR) is 127 cm³/mol. The van der Waals surface area contributed by atoms with E-state index in [-0.39, 0.29) is 17.0 Å². The number of hydrogen-bond donors (Lipinski definition) is 4. The van der Waals surface area contributed by atoms with E-state index in [2.05, 4.69) is 51.6 Å². The van der Waals surface area contributed by atoms with Crippen LogP contribution in [0.1, 0.15) is 50.9 Å². The zero-order valence-electron chi connectivity index (χ0n) is 19.2. The number of primary amides is 1. The van der Waals surface area contributed by atoms with Gasteiger partial charge in [0.05, 0.1) is 5.56 Å². The van der Waals surface area contributed by atoms with Gasteiger partial charge in [-0.2, -0.15) is 4.98 Å². The third-order valence-electron chi connectivity index (χ3n) is 5.61. The van der Waals surface area contributed by atoms with Crippen LogP contribution in [-0.4, -0.2) is 51.9 Å². The second-order valence-corrected chi connectivity index (χ2v) is 9.19. The molecule has 3 rings (SSSR count). The maximum atomic E-state index is 11.9. The number of carbonyl (C=O) groups excluding carboxylic acids is 2. The van der Waals surface area contributed by atoms with E-state index in [1.54, 1.807) is 12.1 Å². The molecule has 5 N–H and O–H groups in total. The van der Waals surface area contributed by atoms with E-state index < -0.39 is 5.91 Å². The van der Waals surface area contributed by atoms with Gasteiger partial charge in [0.25, 0.3) is 5.91 Å². The van der Waals surface area contributed by atoms with Crippen molar-refractivity contribution in [2.75, 3.05) is 35.6 Å². The summed E-state index contributed by atoms with van der Waals surface area (Å²) >= 11 is 0. The first-order valence-corrected chi connectivity index (χ1v) is 10.9. The van der Waals surface area contributed by atoms with Gasteiger partial charge in [-0.05, 0) is 70.8 Å². The molecule has 0 unspecified atom stereocenters. The first kappa shape index (κ1) is 23.5. The maximum absolute atomic E-state index is 11.9. The Morgan fingerprint density at radius 3 is 2.50 bits per heavy atom. The van der Waals surface area contributed by atoms with Crippen LogP contribution in [-0.2, 0) is 4.79 Å². The van der Waals surface area contributed by atoms with Gasteiger partial charge in [-0.1, -0.05) is 6.07 Å². The van der Waals surface area contributed by atoms with E-state index in [9.17, 15) is 9.59 Å². The fourth-order valence-corrected chi connectivity index (χ4v) is 3.81. The highest BCUT2D eigenvalue weighted by atomic mass is 16.1. The Balaban J connectivity index is 1.68. The molecular weight excluding hydrogens is 406 g/mol. The zero-order chi connectivity index (χ0) is 23.3. The Labute approximate surface area is 189 Å². The monoisotopic (exact) mass is 439 g/mol. The molecule has 1 aromatic carbocycles. The fraction of sp³-hybridized carbons (Fsp3) is 0.478. The minimum Gasteiger partial charge on any atom is -0.369 e. The summed E-state index contributed by atoms with van der Waals surface area (Å²) in [6.07, 6.45) is 3.60. The van der Waals surface area contributed by atoms with E-state index >= 15 is 0 Å². The molecule has 2 amide bonds. The summed E-state index contributed by atoms with van der Waals surface area (Å²) in [5.74, 6) is 0.527. The minimum atomic E-state index is -0.575. The van der Waals surface area contributed by atoms with Crippen molar-refractivity contribution in [2.24, 2.45) is 11.7 Å². The van der Waals surface area contributed by atoms with Crippen molar-refractivity contribution in [2.45, 2.75) is 46.1 Å². The highest BCUT2D eigenvalue weighted by molar-refractivity contribution is 5.97. The zero-order valence-corrected chi connectivity index (χ0v) is 19.2. The molecule has 9 nitrogen and oxygen atoms in total. The summed E-state index contributed by atoms with van der Waals surface area (Å²) in [5, 5.41) is 9.16. The molecule has 172 valence electrons. The maximum Gasteiger partial charge on any atom is 0.254 e. The summed E-state index contributed by atoms with van der Waals surface area (Å²) in [4.78, 5) is 34.4. The van der Waals surface area contributed by atoms with Gasteiger partial charge >= 0.3 is 0 Å². The van der Waals surface area contributed by atoms with Crippen LogP contribution in [0.5, 0.6) is 0 Å². The molecule has 0 bridgehead atoms. The topological polar surface area (TPSA) is 125 Å². The van der Waals surface area contributed by atoms with Crippen LogP contribution < -0.4 is 21.7 Å². The lowest BCUT2D eigenvalue weighted by Gasteiger charge is -2.41. The highest BCUT2D eigenvalue weighted by Gasteiger charge is 2.27. The molecule has 9 heteroatoms. The van der Waals surface area contributed by atoms with Gasteiger partial charge in [0.2, 0.25) is 11.9 Å². The number of carbonyl (C=O) groups is 2. The van der Waals surface area contributed by atoms with Crippen molar-refractivity contribution in [3.8, 4) is 0 Å². The molecule has 0 aliphatic carbocycles. The molecule has 0 atom stereocenters. The van der Waals surface area contributed by atoms with Crippen molar-refractivity contribution in [3.05, 3.63) is 36.0 Å². The summed E-state index contributed by atoms with van der Waals surface area (Å²) in [7, 11) is 0. The third kappa shape index (κ3) is 6.40. The van der Waals surface area contributed by atoms with Gasteiger partial charge in [0.1, 0.15) is 5.82 Å². The molecular formula is C23H33N7O2. The van der Waals surface area contributed by atoms with Crippen LogP contribution in [0.3, 0.4) is 0 Å². The van der Waals surface area contributed by atoms with Crippen LogP contribution in [0, 0.1) is 5.92 Å². The number of piperidine rings is 1. The normalized spacial score (nSPS) is 15.2. The SMILES string of the molecule is CC(=O)Nc1cccc(Nc2ncc(C(N)=O)c(NCC3CCN(C(C)(C)C)CC3)n2)c1. The van der Waals surface area contributed by atoms with Crippen LogP contribution in [0.2, 0.25) is 0 Å². The molecule has 0 saturated carbocycles. The highest BCUT2D eigenvalue weighted by Crippen LogP contribution is 2.25. The first-order chi connectivity index (χ1) is 15.1. The van der Waals surface area contributed by atoms with Crippen molar-refractivity contribution < 1.29 is 9.59 Å². The van der Waals surface area contributed by atoms with Gasteiger partial charge in [-0.25, -0.2) is 4.98 Å². The van der Waals surface area contributed by atoms with Crippen LogP contribution in [0.25, 0.3) is 0 Å². The van der Waals surface area contributed by atoms with Crippen LogP contribution in [0.4, 0.5) is 23.1 Å². The number of likely N-dealkylation sites (tertiary alicyclic amines) is 1. The quantitative estimate of drug-likeness (QED) is 0.522. The molecule has 32 heavy (non-hydrogen) atoms. The summed E-state index contributed by atoms with van der Waals surface area (Å²) in [5.41, 5.74) is 7.35. The average Bonchev–Trinajstić information content (AvgIpc) is 2.71. The second-order valence-electron chi connectivity index (χ2n) is 9.19. The Kier molecular flexibility index (Phi) is 7.29. The number of aromatic nitrogens is 2. The number of anilines is 4. The average molecular weight is 440 g/mol. The standard InChI is InChI=1S/C23H33N7O2/c1-15(31)27-17-6-5-7-18(12-17)28-22-26-14-19(20(24)32)21(29-22)25-13-16-8-10-30(11-9-16)23(2,3)4/h5-7,12,14,16H,8-11,13H2,1-4H3,(H2,24,32)(H,27,31)(H2,25,26,28,29).